The summed E-state index contributed by atoms with van der Waals surface area (Å²) in [5, 5.41) is 10.0. The fourth-order valence-corrected chi connectivity index (χ4v) is 2.45. The Balaban J connectivity index is 1.73. The monoisotopic (exact) mass is 390 g/mol. The molecule has 1 aromatic heterocycles. The Morgan fingerprint density at radius 1 is 1.21 bits per heavy atom. The van der Waals surface area contributed by atoms with Crippen molar-refractivity contribution in [1.29, 1.82) is 0 Å². The Labute approximate surface area is 145 Å². The van der Waals surface area contributed by atoms with Crippen LogP contribution in [0.5, 0.6) is 5.75 Å². The van der Waals surface area contributed by atoms with Crippen LogP contribution in [0.1, 0.15) is 16.1 Å². The number of hydrogen-bond acceptors (Lipinski definition) is 4. The normalized spacial score (nSPS) is 10.6. The molecule has 0 bridgehead atoms. The molecule has 3 aromatic rings. The van der Waals surface area contributed by atoms with Crippen LogP contribution in [0.2, 0.25) is 0 Å². The zero-order valence-electron chi connectivity index (χ0n) is 12.3. The molecule has 24 heavy (non-hydrogen) atoms. The summed E-state index contributed by atoms with van der Waals surface area (Å²) in [4.78, 5) is 11.3. The van der Waals surface area contributed by atoms with Gasteiger partial charge in [0.05, 0.1) is 0 Å². The molecular formula is C16H12BrFN4O2. The Morgan fingerprint density at radius 3 is 2.62 bits per heavy atom. The SMILES string of the molecule is NC(=O)c1n[nH]nc1-c1ccc(OCc2ccc(Br)cc2F)cc1. The number of hydrogen-bond donors (Lipinski definition) is 2. The van der Waals surface area contributed by atoms with Crippen molar-refractivity contribution in [3.05, 3.63) is 64.0 Å². The van der Waals surface area contributed by atoms with E-state index in [1.807, 2.05) is 0 Å². The van der Waals surface area contributed by atoms with Crippen molar-refractivity contribution in [2.24, 2.45) is 5.73 Å². The number of rotatable bonds is 5. The predicted molar refractivity (Wildman–Crippen MR) is 88.8 cm³/mol. The van der Waals surface area contributed by atoms with E-state index in [4.69, 9.17) is 10.5 Å². The standard InChI is InChI=1S/C16H12BrFN4O2/c17-11-4-1-10(13(18)7-11)8-24-12-5-2-9(3-6-12)14-15(16(19)23)21-22-20-14/h1-7H,8H2,(H2,19,23)(H,20,21,22). The van der Waals surface area contributed by atoms with E-state index in [1.165, 1.54) is 6.07 Å². The molecule has 1 heterocycles. The molecule has 0 spiro atoms. The molecule has 0 atom stereocenters. The first-order chi connectivity index (χ1) is 11.5. The molecular weight excluding hydrogens is 379 g/mol. The number of nitrogens with two attached hydrogens (primary N) is 1. The van der Waals surface area contributed by atoms with Gasteiger partial charge in [-0.2, -0.15) is 15.4 Å². The summed E-state index contributed by atoms with van der Waals surface area (Å²) in [5.74, 6) is -0.440. The number of aromatic nitrogens is 3. The minimum atomic E-state index is -0.662. The first-order valence-electron chi connectivity index (χ1n) is 6.92. The van der Waals surface area contributed by atoms with E-state index in [1.54, 1.807) is 36.4 Å². The van der Waals surface area contributed by atoms with E-state index >= 15 is 0 Å². The Morgan fingerprint density at radius 2 is 1.96 bits per heavy atom. The highest BCUT2D eigenvalue weighted by Crippen LogP contribution is 2.23. The van der Waals surface area contributed by atoms with Crippen LogP contribution >= 0.6 is 15.9 Å². The van der Waals surface area contributed by atoms with Crippen LogP contribution in [-0.4, -0.2) is 21.3 Å². The molecule has 8 heteroatoms. The molecule has 3 rings (SSSR count). The van der Waals surface area contributed by atoms with E-state index in [-0.39, 0.29) is 18.1 Å². The van der Waals surface area contributed by atoms with Crippen LogP contribution in [0.3, 0.4) is 0 Å². The minimum Gasteiger partial charge on any atom is -0.489 e. The van der Waals surface area contributed by atoms with Gasteiger partial charge in [0.25, 0.3) is 5.91 Å². The average Bonchev–Trinajstić information content (AvgIpc) is 3.04. The van der Waals surface area contributed by atoms with E-state index < -0.39 is 5.91 Å². The van der Waals surface area contributed by atoms with Crippen LogP contribution in [0.4, 0.5) is 4.39 Å². The molecule has 2 aromatic carbocycles. The molecule has 0 aliphatic heterocycles. The Hall–Kier alpha value is -2.74. The largest absolute Gasteiger partial charge is 0.489 e. The topological polar surface area (TPSA) is 93.9 Å². The third-order valence-electron chi connectivity index (χ3n) is 3.32. The third kappa shape index (κ3) is 3.43. The number of carbonyl (C=O) groups excluding carboxylic acids is 1. The summed E-state index contributed by atoms with van der Waals surface area (Å²) >= 11 is 3.21. The fraction of sp³-hybridized carbons (Fsp3) is 0.0625. The second-order valence-electron chi connectivity index (χ2n) is 4.93. The van der Waals surface area contributed by atoms with Crippen LogP contribution < -0.4 is 10.5 Å². The van der Waals surface area contributed by atoms with Gasteiger partial charge < -0.3 is 10.5 Å². The Kier molecular flexibility index (Phi) is 4.57. The van der Waals surface area contributed by atoms with Gasteiger partial charge in [-0.05, 0) is 36.4 Å². The highest BCUT2D eigenvalue weighted by molar-refractivity contribution is 9.10. The molecule has 0 saturated heterocycles. The molecule has 1 amide bonds. The van der Waals surface area contributed by atoms with E-state index in [2.05, 4.69) is 31.3 Å². The lowest BCUT2D eigenvalue weighted by atomic mass is 10.1. The molecule has 6 nitrogen and oxygen atoms in total. The molecule has 0 radical (unpaired) electrons. The number of primary amides is 1. The first kappa shape index (κ1) is 16.1. The molecule has 0 unspecified atom stereocenters. The van der Waals surface area contributed by atoms with Crippen LogP contribution in [0.15, 0.2) is 46.9 Å². The van der Waals surface area contributed by atoms with E-state index in [0.29, 0.717) is 27.0 Å². The lowest BCUT2D eigenvalue weighted by Crippen LogP contribution is -2.12. The van der Waals surface area contributed by atoms with Gasteiger partial charge in [-0.15, -0.1) is 0 Å². The molecule has 0 fully saturated rings. The van der Waals surface area contributed by atoms with Gasteiger partial charge in [0.1, 0.15) is 23.9 Å². The number of ether oxygens (including phenoxy) is 1. The molecule has 0 aliphatic carbocycles. The first-order valence-corrected chi connectivity index (χ1v) is 7.71. The van der Waals surface area contributed by atoms with Gasteiger partial charge in [-0.25, -0.2) is 4.39 Å². The number of amides is 1. The van der Waals surface area contributed by atoms with Crippen LogP contribution in [-0.2, 0) is 6.61 Å². The average molecular weight is 391 g/mol. The summed E-state index contributed by atoms with van der Waals surface area (Å²) < 4.78 is 20.0. The smallest absolute Gasteiger partial charge is 0.271 e. The third-order valence-corrected chi connectivity index (χ3v) is 3.81. The summed E-state index contributed by atoms with van der Waals surface area (Å²) in [7, 11) is 0. The number of aromatic amines is 1. The number of nitrogens with zero attached hydrogens (tertiary/aromatic N) is 2. The van der Waals surface area contributed by atoms with Gasteiger partial charge in [0.2, 0.25) is 0 Å². The van der Waals surface area contributed by atoms with Crippen molar-refractivity contribution in [2.75, 3.05) is 0 Å². The summed E-state index contributed by atoms with van der Waals surface area (Å²) in [5.41, 5.74) is 6.80. The maximum absolute atomic E-state index is 13.8. The highest BCUT2D eigenvalue weighted by atomic mass is 79.9. The molecule has 0 saturated carbocycles. The lowest BCUT2D eigenvalue weighted by molar-refractivity contribution is 0.0996. The van der Waals surface area contributed by atoms with Gasteiger partial charge in [0.15, 0.2) is 5.69 Å². The highest BCUT2D eigenvalue weighted by Gasteiger charge is 2.15. The maximum atomic E-state index is 13.8. The summed E-state index contributed by atoms with van der Waals surface area (Å²) in [6.45, 7) is 0.106. The van der Waals surface area contributed by atoms with Crippen LogP contribution in [0.25, 0.3) is 11.3 Å². The maximum Gasteiger partial charge on any atom is 0.271 e. The van der Waals surface area contributed by atoms with Crippen molar-refractivity contribution in [1.82, 2.24) is 15.4 Å². The van der Waals surface area contributed by atoms with E-state index in [9.17, 15) is 9.18 Å². The lowest BCUT2D eigenvalue weighted by Gasteiger charge is -2.08. The number of carbonyl (C=O) groups is 1. The second-order valence-corrected chi connectivity index (χ2v) is 5.85. The number of benzene rings is 2. The van der Waals surface area contributed by atoms with Crippen LogP contribution in [0, 0.1) is 5.82 Å². The van der Waals surface area contributed by atoms with Crippen molar-refractivity contribution < 1.29 is 13.9 Å². The number of halogens is 2. The predicted octanol–water partition coefficient (Wildman–Crippen LogP) is 3.05. The van der Waals surface area contributed by atoms with Crippen molar-refractivity contribution in [3.8, 4) is 17.0 Å². The molecule has 122 valence electrons. The van der Waals surface area contributed by atoms with Gasteiger partial charge in [0, 0.05) is 15.6 Å². The minimum absolute atomic E-state index is 0.0700. The fourth-order valence-electron chi connectivity index (χ4n) is 2.11. The van der Waals surface area contributed by atoms with Crippen molar-refractivity contribution in [2.45, 2.75) is 6.61 Å². The summed E-state index contributed by atoms with van der Waals surface area (Å²) in [6, 6.07) is 11.6. The number of H-pyrrole nitrogens is 1. The zero-order valence-corrected chi connectivity index (χ0v) is 13.9. The van der Waals surface area contributed by atoms with Gasteiger partial charge in [-0.3, -0.25) is 4.79 Å². The zero-order chi connectivity index (χ0) is 17.1. The molecule has 3 N–H and O–H groups in total. The van der Waals surface area contributed by atoms with Crippen molar-refractivity contribution in [3.63, 3.8) is 0 Å². The second kappa shape index (κ2) is 6.79. The summed E-state index contributed by atoms with van der Waals surface area (Å²) in [6.07, 6.45) is 0. The van der Waals surface area contributed by atoms with Gasteiger partial charge in [-0.1, -0.05) is 22.0 Å². The molecule has 0 aliphatic rings. The quantitative estimate of drug-likeness (QED) is 0.699. The Bertz CT molecular complexity index is 880. The van der Waals surface area contributed by atoms with Gasteiger partial charge >= 0.3 is 0 Å². The number of nitrogens with one attached hydrogen (secondary N) is 1. The van der Waals surface area contributed by atoms with E-state index in [0.717, 1.165) is 0 Å². The van der Waals surface area contributed by atoms with Crippen molar-refractivity contribution >= 4 is 21.8 Å².